The van der Waals surface area contributed by atoms with Crippen molar-refractivity contribution in [3.05, 3.63) is 17.1 Å². The number of hydrogen-bond donors (Lipinski definition) is 0. The largest absolute Gasteiger partial charge is 0.356 e. The Morgan fingerprint density at radius 3 is 2.60 bits per heavy atom. The maximum atomic E-state index is 13.0. The van der Waals surface area contributed by atoms with Gasteiger partial charge in [0.25, 0.3) is 0 Å². The van der Waals surface area contributed by atoms with Crippen molar-refractivity contribution < 1.29 is 4.79 Å². The topological polar surface area (TPSA) is 49.3 Å². The monoisotopic (exact) mass is 344 g/mol. The van der Waals surface area contributed by atoms with E-state index in [1.807, 2.05) is 6.92 Å². The van der Waals surface area contributed by atoms with E-state index in [0.29, 0.717) is 12.5 Å². The fourth-order valence-corrected chi connectivity index (χ4v) is 4.11. The molecule has 0 saturated carbocycles. The highest BCUT2D eigenvalue weighted by Crippen LogP contribution is 2.30. The highest BCUT2D eigenvalue weighted by atomic mass is 16.2. The van der Waals surface area contributed by atoms with Crippen molar-refractivity contribution in [3.8, 4) is 0 Å². The van der Waals surface area contributed by atoms with Gasteiger partial charge in [0.15, 0.2) is 0 Å². The van der Waals surface area contributed by atoms with Crippen molar-refractivity contribution in [2.45, 2.75) is 72.3 Å². The SMILES string of the molecule is CCCC[C@@H](CC)C(=O)N1CCc2nc(C)nc(N3CCCC3)c2C1. The quantitative estimate of drug-likeness (QED) is 0.793. The zero-order valence-corrected chi connectivity index (χ0v) is 16.1. The number of rotatable bonds is 6. The first kappa shape index (κ1) is 18.2. The predicted molar refractivity (Wildman–Crippen MR) is 101 cm³/mol. The number of carbonyl (C=O) groups excluding carboxylic acids is 1. The highest BCUT2D eigenvalue weighted by Gasteiger charge is 2.30. The molecule has 5 heteroatoms. The average Bonchev–Trinajstić information content (AvgIpc) is 3.15. The normalized spacial score (nSPS) is 18.4. The lowest BCUT2D eigenvalue weighted by atomic mass is 9.96. The Hall–Kier alpha value is -1.65. The second-order valence-corrected chi connectivity index (χ2v) is 7.47. The highest BCUT2D eigenvalue weighted by molar-refractivity contribution is 5.79. The molecule has 0 radical (unpaired) electrons. The van der Waals surface area contributed by atoms with Crippen molar-refractivity contribution in [1.29, 1.82) is 0 Å². The third kappa shape index (κ3) is 3.96. The third-order valence-electron chi connectivity index (χ3n) is 5.62. The van der Waals surface area contributed by atoms with Gasteiger partial charge in [-0.3, -0.25) is 4.79 Å². The Balaban J connectivity index is 1.81. The van der Waals surface area contributed by atoms with Crippen LogP contribution < -0.4 is 4.90 Å². The van der Waals surface area contributed by atoms with Gasteiger partial charge >= 0.3 is 0 Å². The first-order valence-electron chi connectivity index (χ1n) is 10.0. The van der Waals surface area contributed by atoms with Crippen LogP contribution >= 0.6 is 0 Å². The molecule has 0 aromatic carbocycles. The van der Waals surface area contributed by atoms with Gasteiger partial charge < -0.3 is 9.80 Å². The summed E-state index contributed by atoms with van der Waals surface area (Å²) < 4.78 is 0. The van der Waals surface area contributed by atoms with Crippen molar-refractivity contribution in [2.24, 2.45) is 5.92 Å². The fraction of sp³-hybridized carbons (Fsp3) is 0.750. The van der Waals surface area contributed by atoms with Gasteiger partial charge in [0.2, 0.25) is 5.91 Å². The van der Waals surface area contributed by atoms with Crippen LogP contribution in [0.2, 0.25) is 0 Å². The van der Waals surface area contributed by atoms with Crippen LogP contribution in [0.25, 0.3) is 0 Å². The number of amides is 1. The van der Waals surface area contributed by atoms with Crippen LogP contribution in [0, 0.1) is 12.8 Å². The molecule has 1 fully saturated rings. The lowest BCUT2D eigenvalue weighted by Gasteiger charge is -2.33. The van der Waals surface area contributed by atoms with E-state index >= 15 is 0 Å². The zero-order valence-electron chi connectivity index (χ0n) is 16.1. The Morgan fingerprint density at radius 2 is 1.92 bits per heavy atom. The molecule has 0 bridgehead atoms. The molecule has 2 aliphatic heterocycles. The second-order valence-electron chi connectivity index (χ2n) is 7.47. The average molecular weight is 345 g/mol. The number of aryl methyl sites for hydroxylation is 1. The Labute approximate surface area is 151 Å². The van der Waals surface area contributed by atoms with E-state index < -0.39 is 0 Å². The summed E-state index contributed by atoms with van der Waals surface area (Å²) in [6.45, 7) is 9.94. The van der Waals surface area contributed by atoms with Gasteiger partial charge in [-0.2, -0.15) is 0 Å². The van der Waals surface area contributed by atoms with E-state index in [0.717, 1.165) is 69.1 Å². The number of carbonyl (C=O) groups is 1. The lowest BCUT2D eigenvalue weighted by Crippen LogP contribution is -2.41. The number of hydrogen-bond acceptors (Lipinski definition) is 4. The number of anilines is 1. The van der Waals surface area contributed by atoms with Gasteiger partial charge in [0.1, 0.15) is 11.6 Å². The molecule has 1 aromatic heterocycles. The summed E-state index contributed by atoms with van der Waals surface area (Å²) in [5, 5.41) is 0. The summed E-state index contributed by atoms with van der Waals surface area (Å²) in [5.74, 6) is 2.44. The van der Waals surface area contributed by atoms with E-state index in [4.69, 9.17) is 4.98 Å². The molecule has 3 heterocycles. The second kappa shape index (κ2) is 8.15. The standard InChI is InChI=1S/C20H32N4O/c1-4-6-9-16(5-2)20(25)24-13-10-18-17(14-24)19(22-15(3)21-18)23-11-7-8-12-23/h16H,4-14H2,1-3H3/t16-/m1/s1. The van der Waals surface area contributed by atoms with Crippen molar-refractivity contribution >= 4 is 11.7 Å². The minimum Gasteiger partial charge on any atom is -0.356 e. The van der Waals surface area contributed by atoms with Crippen LogP contribution in [0.3, 0.4) is 0 Å². The minimum absolute atomic E-state index is 0.170. The molecular weight excluding hydrogens is 312 g/mol. The van der Waals surface area contributed by atoms with Crippen LogP contribution in [0.15, 0.2) is 0 Å². The summed E-state index contributed by atoms with van der Waals surface area (Å²) in [7, 11) is 0. The van der Waals surface area contributed by atoms with Crippen LogP contribution in [-0.2, 0) is 17.8 Å². The molecule has 138 valence electrons. The van der Waals surface area contributed by atoms with E-state index in [1.54, 1.807) is 0 Å². The summed E-state index contributed by atoms with van der Waals surface area (Å²) in [5.41, 5.74) is 2.34. The van der Waals surface area contributed by atoms with Crippen molar-refractivity contribution in [3.63, 3.8) is 0 Å². The number of unbranched alkanes of at least 4 members (excludes halogenated alkanes) is 1. The van der Waals surface area contributed by atoms with E-state index in [9.17, 15) is 4.79 Å². The molecular formula is C20H32N4O. The molecule has 5 nitrogen and oxygen atoms in total. The van der Waals surface area contributed by atoms with Crippen LogP contribution in [0.1, 0.15) is 69.5 Å². The fourth-order valence-electron chi connectivity index (χ4n) is 4.11. The first-order valence-corrected chi connectivity index (χ1v) is 10.0. The van der Waals surface area contributed by atoms with Gasteiger partial charge in [-0.25, -0.2) is 9.97 Å². The number of fused-ring (bicyclic) bond motifs is 1. The molecule has 1 amide bonds. The lowest BCUT2D eigenvalue weighted by molar-refractivity contribution is -0.136. The zero-order chi connectivity index (χ0) is 17.8. The smallest absolute Gasteiger partial charge is 0.225 e. The molecule has 2 aliphatic rings. The summed E-state index contributed by atoms with van der Waals surface area (Å²) in [6, 6.07) is 0. The van der Waals surface area contributed by atoms with E-state index in [-0.39, 0.29) is 5.92 Å². The molecule has 0 spiro atoms. The maximum absolute atomic E-state index is 13.0. The molecule has 0 unspecified atom stereocenters. The predicted octanol–water partition coefficient (Wildman–Crippen LogP) is 3.49. The van der Waals surface area contributed by atoms with Gasteiger partial charge in [-0.15, -0.1) is 0 Å². The first-order chi connectivity index (χ1) is 12.1. The number of nitrogens with zero attached hydrogens (tertiary/aromatic N) is 4. The Kier molecular flexibility index (Phi) is 5.92. The Morgan fingerprint density at radius 1 is 1.16 bits per heavy atom. The van der Waals surface area contributed by atoms with Crippen LogP contribution in [-0.4, -0.2) is 40.4 Å². The summed E-state index contributed by atoms with van der Waals surface area (Å²) >= 11 is 0. The molecule has 1 aromatic rings. The molecule has 1 saturated heterocycles. The minimum atomic E-state index is 0.170. The van der Waals surface area contributed by atoms with Gasteiger partial charge in [-0.1, -0.05) is 26.7 Å². The van der Waals surface area contributed by atoms with Crippen LogP contribution in [0.4, 0.5) is 5.82 Å². The maximum Gasteiger partial charge on any atom is 0.225 e. The van der Waals surface area contributed by atoms with Gasteiger partial charge in [0, 0.05) is 37.5 Å². The van der Waals surface area contributed by atoms with E-state index in [1.165, 1.54) is 18.4 Å². The molecule has 0 N–H and O–H groups in total. The van der Waals surface area contributed by atoms with Gasteiger partial charge in [0.05, 0.1) is 12.2 Å². The molecule has 25 heavy (non-hydrogen) atoms. The molecule has 1 atom stereocenters. The van der Waals surface area contributed by atoms with Crippen molar-refractivity contribution in [1.82, 2.24) is 14.9 Å². The van der Waals surface area contributed by atoms with Gasteiger partial charge in [-0.05, 0) is 32.6 Å². The molecule has 3 rings (SSSR count). The molecule has 0 aliphatic carbocycles. The number of aromatic nitrogens is 2. The summed E-state index contributed by atoms with van der Waals surface area (Å²) in [4.78, 5) is 26.9. The van der Waals surface area contributed by atoms with E-state index in [2.05, 4.69) is 28.6 Å². The Bertz CT molecular complexity index is 610. The third-order valence-corrected chi connectivity index (χ3v) is 5.62. The van der Waals surface area contributed by atoms with Crippen molar-refractivity contribution in [2.75, 3.05) is 24.5 Å². The van der Waals surface area contributed by atoms with Crippen LogP contribution in [0.5, 0.6) is 0 Å². The summed E-state index contributed by atoms with van der Waals surface area (Å²) in [6.07, 6.45) is 7.55.